The Hall–Kier alpha value is -2.87. The molecular formula is C19H21F3N3O2+. The summed E-state index contributed by atoms with van der Waals surface area (Å²) in [5.41, 5.74) is 0.770. The number of carbonyl (C=O) groups is 2. The fourth-order valence-electron chi connectivity index (χ4n) is 2.58. The van der Waals surface area contributed by atoms with E-state index in [0.29, 0.717) is 13.0 Å². The predicted octanol–water partition coefficient (Wildman–Crippen LogP) is 2.01. The highest BCUT2D eigenvalue weighted by Crippen LogP contribution is 2.29. The number of alkyl halides is 3. The topological polar surface area (TPSA) is 74.8 Å². The maximum atomic E-state index is 12.6. The van der Waals surface area contributed by atoms with Gasteiger partial charge in [0.1, 0.15) is 0 Å². The summed E-state index contributed by atoms with van der Waals surface area (Å²) in [4.78, 5) is 23.8. The number of halogens is 3. The molecule has 1 atom stereocenters. The van der Waals surface area contributed by atoms with Crippen LogP contribution in [-0.4, -0.2) is 25.5 Å². The minimum atomic E-state index is -4.36. The van der Waals surface area contributed by atoms with Crippen LogP contribution in [-0.2, 0) is 17.4 Å². The van der Waals surface area contributed by atoms with Crippen LogP contribution in [0.15, 0.2) is 54.6 Å². The van der Waals surface area contributed by atoms with Crippen molar-refractivity contribution in [3.8, 4) is 0 Å². The summed E-state index contributed by atoms with van der Waals surface area (Å²) in [6.45, 7) is 0.464. The number of hydrogen-bond acceptors (Lipinski definition) is 2. The first-order chi connectivity index (χ1) is 12.8. The lowest BCUT2D eigenvalue weighted by molar-refractivity contribution is -0.682. The molecule has 0 aliphatic rings. The number of hydrogen-bond donors (Lipinski definition) is 3. The van der Waals surface area contributed by atoms with Crippen LogP contribution in [0, 0.1) is 0 Å². The molecule has 3 amide bonds. The van der Waals surface area contributed by atoms with E-state index in [2.05, 4.69) is 10.6 Å². The van der Waals surface area contributed by atoms with Crippen molar-refractivity contribution in [1.82, 2.24) is 10.6 Å². The first-order valence-electron chi connectivity index (χ1n) is 8.38. The molecule has 4 N–H and O–H groups in total. The quantitative estimate of drug-likeness (QED) is 0.717. The molecule has 0 aliphatic carbocycles. The van der Waals surface area contributed by atoms with Gasteiger partial charge in [0, 0.05) is 19.0 Å². The second-order valence-corrected chi connectivity index (χ2v) is 5.93. The van der Waals surface area contributed by atoms with Gasteiger partial charge in [0.2, 0.25) is 0 Å². The Balaban J connectivity index is 2.01. The van der Waals surface area contributed by atoms with Gasteiger partial charge in [-0.15, -0.1) is 0 Å². The molecule has 8 heteroatoms. The number of amides is 3. The van der Waals surface area contributed by atoms with Crippen LogP contribution in [0.2, 0.25) is 0 Å². The maximum Gasteiger partial charge on any atom is 0.416 e. The van der Waals surface area contributed by atoms with E-state index in [1.807, 2.05) is 6.07 Å². The first-order valence-corrected chi connectivity index (χ1v) is 8.38. The lowest BCUT2D eigenvalue weighted by atomic mass is 10.0. The zero-order valence-electron chi connectivity index (χ0n) is 14.7. The predicted molar refractivity (Wildman–Crippen MR) is 93.7 cm³/mol. The van der Waals surface area contributed by atoms with E-state index in [-0.39, 0.29) is 0 Å². The van der Waals surface area contributed by atoms with Gasteiger partial charge in [-0.3, -0.25) is 10.1 Å². The van der Waals surface area contributed by atoms with Crippen LogP contribution in [0.3, 0.4) is 0 Å². The lowest BCUT2D eigenvalue weighted by Gasteiger charge is -2.15. The highest BCUT2D eigenvalue weighted by atomic mass is 19.4. The average molecular weight is 380 g/mol. The fourth-order valence-corrected chi connectivity index (χ4v) is 2.58. The van der Waals surface area contributed by atoms with Crippen LogP contribution in [0.5, 0.6) is 0 Å². The largest absolute Gasteiger partial charge is 0.416 e. The van der Waals surface area contributed by atoms with Crippen molar-refractivity contribution in [3.63, 3.8) is 0 Å². The Kier molecular flexibility index (Phi) is 6.95. The molecule has 2 rings (SSSR count). The molecule has 0 aliphatic heterocycles. The van der Waals surface area contributed by atoms with Crippen molar-refractivity contribution >= 4 is 11.9 Å². The molecule has 2 aromatic carbocycles. The summed E-state index contributed by atoms with van der Waals surface area (Å²) < 4.78 is 37.8. The number of benzene rings is 2. The molecule has 2 aromatic rings. The molecule has 0 heterocycles. The smallest absolute Gasteiger partial charge is 0.341 e. The minimum Gasteiger partial charge on any atom is -0.341 e. The summed E-state index contributed by atoms with van der Waals surface area (Å²) in [6.07, 6.45) is -3.88. The van der Waals surface area contributed by atoms with E-state index in [1.54, 1.807) is 29.6 Å². The van der Waals surface area contributed by atoms with Crippen molar-refractivity contribution in [3.05, 3.63) is 71.3 Å². The van der Waals surface area contributed by atoms with E-state index >= 15 is 0 Å². The number of nitrogens with two attached hydrogens (primary N) is 1. The SMILES string of the molecule is CNC(=O)NC(=O)[C@@H]([NH2+]CCc1ccc(C(F)(F)F)cc1)c1ccccc1. The van der Waals surface area contributed by atoms with E-state index in [4.69, 9.17) is 0 Å². The molecular weight excluding hydrogens is 359 g/mol. The molecule has 0 bridgehead atoms. The van der Waals surface area contributed by atoms with Crippen molar-refractivity contribution in [1.29, 1.82) is 0 Å². The molecule has 0 fully saturated rings. The van der Waals surface area contributed by atoms with Gasteiger partial charge >= 0.3 is 12.2 Å². The van der Waals surface area contributed by atoms with Crippen LogP contribution < -0.4 is 16.0 Å². The third-order valence-corrected chi connectivity index (χ3v) is 4.02. The molecule has 0 unspecified atom stereocenters. The van der Waals surface area contributed by atoms with Crippen LogP contribution in [0.1, 0.15) is 22.7 Å². The van der Waals surface area contributed by atoms with Gasteiger partial charge in [-0.1, -0.05) is 42.5 Å². The fraction of sp³-hybridized carbons (Fsp3) is 0.263. The third-order valence-electron chi connectivity index (χ3n) is 4.02. The van der Waals surface area contributed by atoms with E-state index in [9.17, 15) is 22.8 Å². The van der Waals surface area contributed by atoms with E-state index in [0.717, 1.165) is 23.3 Å². The highest BCUT2D eigenvalue weighted by Gasteiger charge is 2.30. The number of imide groups is 1. The Bertz CT molecular complexity index is 762. The van der Waals surface area contributed by atoms with Gasteiger partial charge in [-0.05, 0) is 17.7 Å². The molecule has 0 saturated heterocycles. The number of urea groups is 1. The molecule has 0 saturated carbocycles. The average Bonchev–Trinajstić information content (AvgIpc) is 2.65. The summed E-state index contributed by atoms with van der Waals surface area (Å²) in [5.74, 6) is -0.465. The van der Waals surface area contributed by atoms with Gasteiger partial charge in [0.25, 0.3) is 5.91 Å². The summed E-state index contributed by atoms with van der Waals surface area (Å²) in [7, 11) is 1.41. The van der Waals surface area contributed by atoms with Gasteiger partial charge in [0.15, 0.2) is 6.04 Å². The standard InChI is InChI=1S/C19H20F3N3O2/c1-23-18(27)25-17(26)16(14-5-3-2-4-6-14)24-12-11-13-7-9-15(10-8-13)19(20,21)22/h2-10,16,24H,11-12H2,1H3,(H2,23,25,26,27)/p+1/t16-/m0/s1. The Morgan fingerprint density at radius 3 is 2.22 bits per heavy atom. The van der Waals surface area contributed by atoms with Crippen molar-refractivity contribution < 1.29 is 28.1 Å². The van der Waals surface area contributed by atoms with Gasteiger partial charge in [0.05, 0.1) is 12.1 Å². The molecule has 0 radical (unpaired) electrons. The highest BCUT2D eigenvalue weighted by molar-refractivity contribution is 5.96. The van der Waals surface area contributed by atoms with E-state index < -0.39 is 29.7 Å². The number of quaternary nitrogens is 1. The van der Waals surface area contributed by atoms with Crippen molar-refractivity contribution in [2.75, 3.05) is 13.6 Å². The number of rotatable bonds is 6. The second-order valence-electron chi connectivity index (χ2n) is 5.93. The van der Waals surface area contributed by atoms with Crippen LogP contribution in [0.25, 0.3) is 0 Å². The molecule has 144 valence electrons. The second kappa shape index (κ2) is 9.18. The lowest BCUT2D eigenvalue weighted by Crippen LogP contribution is -2.88. The normalized spacial score (nSPS) is 12.3. The Morgan fingerprint density at radius 1 is 1.04 bits per heavy atom. The zero-order valence-corrected chi connectivity index (χ0v) is 14.7. The number of carbonyl (C=O) groups excluding carboxylic acids is 2. The molecule has 27 heavy (non-hydrogen) atoms. The minimum absolute atomic E-state index is 0.464. The summed E-state index contributed by atoms with van der Waals surface area (Å²) in [5, 5.41) is 6.34. The Morgan fingerprint density at radius 2 is 1.67 bits per heavy atom. The summed E-state index contributed by atoms with van der Waals surface area (Å²) >= 11 is 0. The van der Waals surface area contributed by atoms with E-state index in [1.165, 1.54) is 19.2 Å². The van der Waals surface area contributed by atoms with Gasteiger partial charge in [-0.25, -0.2) is 4.79 Å². The maximum absolute atomic E-state index is 12.6. The van der Waals surface area contributed by atoms with Crippen LogP contribution >= 0.6 is 0 Å². The van der Waals surface area contributed by atoms with Crippen molar-refractivity contribution in [2.45, 2.75) is 18.6 Å². The molecule has 5 nitrogen and oxygen atoms in total. The van der Waals surface area contributed by atoms with Crippen molar-refractivity contribution in [2.24, 2.45) is 0 Å². The van der Waals surface area contributed by atoms with Gasteiger partial charge in [-0.2, -0.15) is 13.2 Å². The van der Waals surface area contributed by atoms with Crippen LogP contribution in [0.4, 0.5) is 18.0 Å². The molecule has 0 aromatic heterocycles. The summed E-state index contributed by atoms with van der Waals surface area (Å²) in [6, 6.07) is 12.7. The Labute approximate surface area is 155 Å². The first kappa shape index (κ1) is 20.4. The third kappa shape index (κ3) is 6.10. The number of nitrogens with one attached hydrogen (secondary N) is 2. The molecule has 0 spiro atoms. The monoisotopic (exact) mass is 380 g/mol. The van der Waals surface area contributed by atoms with Gasteiger partial charge < -0.3 is 10.6 Å². The zero-order chi connectivity index (χ0) is 19.9.